The molecular weight excluding hydrogens is 200 g/mol. The number of nitrogens with zero attached hydrogens (tertiary/aromatic N) is 1. The number of hydrogen-bond donors (Lipinski definition) is 1. The Morgan fingerprint density at radius 3 is 2.57 bits per heavy atom. The minimum Gasteiger partial charge on any atom is -0.368 e. The van der Waals surface area contributed by atoms with Crippen LogP contribution in [0.2, 0.25) is 5.02 Å². The minimum atomic E-state index is -0.423. The summed E-state index contributed by atoms with van der Waals surface area (Å²) in [5.41, 5.74) is 6.11. The van der Waals surface area contributed by atoms with E-state index in [0.29, 0.717) is 5.02 Å². The fraction of sp³-hybridized carbons (Fsp3) is 0.300. The maximum atomic E-state index is 11.2. The number of hydrogen-bond acceptors (Lipinski definition) is 2. The quantitative estimate of drug-likeness (QED) is 0.824. The maximum absolute atomic E-state index is 11.2. The van der Waals surface area contributed by atoms with Crippen LogP contribution < -0.4 is 5.73 Å². The van der Waals surface area contributed by atoms with E-state index >= 15 is 0 Å². The Balaban J connectivity index is 3.05. The van der Waals surface area contributed by atoms with Gasteiger partial charge in [0.25, 0.3) is 0 Å². The van der Waals surface area contributed by atoms with E-state index in [1.54, 1.807) is 37.2 Å². The zero-order valence-electron chi connectivity index (χ0n) is 8.20. The largest absolute Gasteiger partial charge is 0.368 e. The third-order valence-electron chi connectivity index (χ3n) is 1.95. The highest BCUT2D eigenvalue weighted by molar-refractivity contribution is 6.30. The molecule has 1 atom stereocenters. The highest BCUT2D eigenvalue weighted by atomic mass is 35.5. The van der Waals surface area contributed by atoms with Crippen molar-refractivity contribution in [1.82, 2.24) is 4.90 Å². The van der Waals surface area contributed by atoms with Gasteiger partial charge in [-0.1, -0.05) is 23.7 Å². The first kappa shape index (κ1) is 11.0. The summed E-state index contributed by atoms with van der Waals surface area (Å²) in [7, 11) is 3.60. The van der Waals surface area contributed by atoms with E-state index in [2.05, 4.69) is 0 Å². The molecule has 0 aliphatic heterocycles. The Bertz CT molecular complexity index is 339. The van der Waals surface area contributed by atoms with Gasteiger partial charge in [0.05, 0.1) is 0 Å². The molecule has 0 saturated heterocycles. The predicted octanol–water partition coefficient (Wildman–Crippen LogP) is 1.43. The fourth-order valence-corrected chi connectivity index (χ4v) is 1.59. The maximum Gasteiger partial charge on any atom is 0.239 e. The summed E-state index contributed by atoms with van der Waals surface area (Å²) in [6.07, 6.45) is 0. The molecule has 14 heavy (non-hydrogen) atoms. The van der Waals surface area contributed by atoms with Gasteiger partial charge in [-0.05, 0) is 31.8 Å². The van der Waals surface area contributed by atoms with Crippen molar-refractivity contribution in [3.8, 4) is 0 Å². The molecule has 1 aromatic rings. The molecule has 0 aliphatic rings. The summed E-state index contributed by atoms with van der Waals surface area (Å²) in [5.74, 6) is -0.378. The average molecular weight is 213 g/mol. The van der Waals surface area contributed by atoms with Gasteiger partial charge in [-0.25, -0.2) is 0 Å². The lowest BCUT2D eigenvalue weighted by atomic mass is 10.1. The fourth-order valence-electron chi connectivity index (χ4n) is 1.39. The van der Waals surface area contributed by atoms with Crippen molar-refractivity contribution in [2.75, 3.05) is 14.1 Å². The molecule has 1 rings (SSSR count). The van der Waals surface area contributed by atoms with E-state index in [9.17, 15) is 4.79 Å². The van der Waals surface area contributed by atoms with E-state index < -0.39 is 6.04 Å². The van der Waals surface area contributed by atoms with Crippen molar-refractivity contribution in [2.45, 2.75) is 6.04 Å². The number of amides is 1. The zero-order valence-corrected chi connectivity index (χ0v) is 8.95. The molecule has 0 spiro atoms. The van der Waals surface area contributed by atoms with Gasteiger partial charge in [-0.2, -0.15) is 0 Å². The van der Waals surface area contributed by atoms with Crippen molar-refractivity contribution in [1.29, 1.82) is 0 Å². The number of nitrogens with two attached hydrogens (primary N) is 1. The number of rotatable bonds is 3. The Labute approximate surface area is 88.5 Å². The molecule has 3 nitrogen and oxygen atoms in total. The van der Waals surface area contributed by atoms with Crippen molar-refractivity contribution in [3.63, 3.8) is 0 Å². The van der Waals surface area contributed by atoms with Gasteiger partial charge in [0.2, 0.25) is 5.91 Å². The van der Waals surface area contributed by atoms with Crippen LogP contribution in [-0.4, -0.2) is 24.9 Å². The standard InChI is InChI=1S/C10H13ClN2O/c1-13(2)9(10(12)14)7-4-3-5-8(11)6-7/h3-6,9H,1-2H3,(H2,12,14). The topological polar surface area (TPSA) is 46.3 Å². The Hall–Kier alpha value is -1.06. The van der Waals surface area contributed by atoms with Crippen molar-refractivity contribution in [3.05, 3.63) is 34.9 Å². The van der Waals surface area contributed by atoms with Gasteiger partial charge in [0.15, 0.2) is 0 Å². The molecule has 4 heteroatoms. The summed E-state index contributed by atoms with van der Waals surface area (Å²) in [5, 5.41) is 0.607. The molecule has 1 unspecified atom stereocenters. The van der Waals surface area contributed by atoms with Crippen LogP contribution in [0, 0.1) is 0 Å². The third-order valence-corrected chi connectivity index (χ3v) is 2.19. The first-order valence-corrected chi connectivity index (χ1v) is 4.61. The molecule has 2 N–H and O–H groups in total. The second-order valence-electron chi connectivity index (χ2n) is 3.32. The molecule has 1 amide bonds. The minimum absolute atomic E-state index is 0.378. The lowest BCUT2D eigenvalue weighted by Crippen LogP contribution is -2.32. The van der Waals surface area contributed by atoms with E-state index in [1.165, 1.54) is 0 Å². The normalized spacial score (nSPS) is 12.9. The summed E-state index contributed by atoms with van der Waals surface area (Å²) in [6, 6.07) is 6.72. The van der Waals surface area contributed by atoms with Gasteiger partial charge < -0.3 is 5.73 Å². The third kappa shape index (κ3) is 2.47. The van der Waals surface area contributed by atoms with Crippen LogP contribution in [0.15, 0.2) is 24.3 Å². The summed E-state index contributed by atoms with van der Waals surface area (Å²) in [6.45, 7) is 0. The van der Waals surface area contributed by atoms with E-state index in [0.717, 1.165) is 5.56 Å². The number of halogens is 1. The lowest BCUT2D eigenvalue weighted by molar-refractivity contribution is -0.122. The van der Waals surface area contributed by atoms with Crippen molar-refractivity contribution >= 4 is 17.5 Å². The molecule has 1 aromatic carbocycles. The highest BCUT2D eigenvalue weighted by Gasteiger charge is 2.19. The Morgan fingerprint density at radius 2 is 2.14 bits per heavy atom. The van der Waals surface area contributed by atoms with Crippen LogP contribution in [0.25, 0.3) is 0 Å². The van der Waals surface area contributed by atoms with E-state index in [4.69, 9.17) is 17.3 Å². The van der Waals surface area contributed by atoms with Crippen LogP contribution in [-0.2, 0) is 4.79 Å². The number of primary amides is 1. The molecule has 0 bridgehead atoms. The predicted molar refractivity (Wildman–Crippen MR) is 57.1 cm³/mol. The van der Waals surface area contributed by atoms with Crippen LogP contribution in [0.5, 0.6) is 0 Å². The van der Waals surface area contributed by atoms with Gasteiger partial charge in [-0.3, -0.25) is 9.69 Å². The number of carbonyl (C=O) groups excluding carboxylic acids is 1. The summed E-state index contributed by atoms with van der Waals surface area (Å²) in [4.78, 5) is 12.9. The highest BCUT2D eigenvalue weighted by Crippen LogP contribution is 2.20. The number of likely N-dealkylation sites (N-methyl/N-ethyl adjacent to an activating group) is 1. The SMILES string of the molecule is CN(C)C(C(N)=O)c1cccc(Cl)c1. The molecule has 0 aliphatic carbocycles. The number of carbonyl (C=O) groups is 1. The number of benzene rings is 1. The van der Waals surface area contributed by atoms with Gasteiger partial charge in [0, 0.05) is 5.02 Å². The monoisotopic (exact) mass is 212 g/mol. The lowest BCUT2D eigenvalue weighted by Gasteiger charge is -2.21. The smallest absolute Gasteiger partial charge is 0.239 e. The van der Waals surface area contributed by atoms with Crippen LogP contribution in [0.3, 0.4) is 0 Å². The first-order valence-electron chi connectivity index (χ1n) is 4.23. The van der Waals surface area contributed by atoms with Crippen molar-refractivity contribution < 1.29 is 4.79 Å². The van der Waals surface area contributed by atoms with Gasteiger partial charge >= 0.3 is 0 Å². The first-order chi connectivity index (χ1) is 6.52. The molecule has 0 aromatic heterocycles. The van der Waals surface area contributed by atoms with Crippen LogP contribution in [0.4, 0.5) is 0 Å². The molecule has 76 valence electrons. The Morgan fingerprint density at radius 1 is 1.50 bits per heavy atom. The van der Waals surface area contributed by atoms with Gasteiger partial charge in [0.1, 0.15) is 6.04 Å². The van der Waals surface area contributed by atoms with Crippen LogP contribution >= 0.6 is 11.6 Å². The van der Waals surface area contributed by atoms with E-state index in [1.807, 2.05) is 6.07 Å². The van der Waals surface area contributed by atoms with Crippen LogP contribution in [0.1, 0.15) is 11.6 Å². The second kappa shape index (κ2) is 4.44. The second-order valence-corrected chi connectivity index (χ2v) is 3.76. The molecular formula is C10H13ClN2O. The molecule has 0 saturated carbocycles. The summed E-state index contributed by atoms with van der Waals surface area (Å²) >= 11 is 5.83. The Kier molecular flexibility index (Phi) is 3.49. The molecule has 0 radical (unpaired) electrons. The average Bonchev–Trinajstić information content (AvgIpc) is 2.02. The molecule has 0 heterocycles. The summed E-state index contributed by atoms with van der Waals surface area (Å²) < 4.78 is 0. The van der Waals surface area contributed by atoms with Crippen molar-refractivity contribution in [2.24, 2.45) is 5.73 Å². The molecule has 0 fully saturated rings. The van der Waals surface area contributed by atoms with E-state index in [-0.39, 0.29) is 5.91 Å². The zero-order chi connectivity index (χ0) is 10.7. The van der Waals surface area contributed by atoms with Gasteiger partial charge in [-0.15, -0.1) is 0 Å².